The first-order valence-electron chi connectivity index (χ1n) is 4.54. The van der Waals surface area contributed by atoms with Crippen molar-refractivity contribution in [3.05, 3.63) is 24.0 Å². The third kappa shape index (κ3) is 3.86. The van der Waals surface area contributed by atoms with Crippen LogP contribution >= 0.6 is 0 Å². The lowest BCUT2D eigenvalue weighted by Gasteiger charge is -2.17. The molecular weight excluding hydrogens is 263 g/mol. The second kappa shape index (κ2) is 5.19. The van der Waals surface area contributed by atoms with E-state index in [-0.39, 0.29) is 0 Å². The zero-order valence-electron chi connectivity index (χ0n) is 8.92. The molecule has 0 fully saturated rings. The van der Waals surface area contributed by atoms with Crippen LogP contribution in [0.4, 0.5) is 22.0 Å². The van der Waals surface area contributed by atoms with Gasteiger partial charge in [-0.15, -0.1) is 0 Å². The van der Waals surface area contributed by atoms with E-state index in [0.29, 0.717) is 12.1 Å². The van der Waals surface area contributed by atoms with Crippen molar-refractivity contribution in [2.75, 3.05) is 0 Å². The summed E-state index contributed by atoms with van der Waals surface area (Å²) in [5.41, 5.74) is 0. The second-order valence-corrected chi connectivity index (χ2v) is 3.18. The van der Waals surface area contributed by atoms with Crippen molar-refractivity contribution in [1.29, 1.82) is 0 Å². The van der Waals surface area contributed by atoms with E-state index in [0.717, 1.165) is 13.0 Å². The fourth-order valence-corrected chi connectivity index (χ4v) is 1.02. The van der Waals surface area contributed by atoms with E-state index < -0.39 is 35.8 Å². The minimum absolute atomic E-state index is 0.428. The Bertz CT molecular complexity index is 447. The molecule has 1 aromatic rings. The molecule has 0 aliphatic rings. The van der Waals surface area contributed by atoms with Gasteiger partial charge < -0.3 is 9.47 Å². The minimum atomic E-state index is -4.76. The van der Waals surface area contributed by atoms with Crippen LogP contribution in [0.3, 0.4) is 0 Å². The number of carbonyl (C=O) groups is 1. The predicted octanol–water partition coefficient (Wildman–Crippen LogP) is 2.99. The number of halogens is 5. The molecule has 0 aromatic heterocycles. The summed E-state index contributed by atoms with van der Waals surface area (Å²) in [6.45, 7) is 0.999. The maximum Gasteiger partial charge on any atom is 0.461 e. The van der Waals surface area contributed by atoms with Gasteiger partial charge in [-0.05, 0) is 0 Å². The molecule has 0 spiro atoms. The molecule has 0 N–H and O–H groups in total. The van der Waals surface area contributed by atoms with Crippen LogP contribution in [0.5, 0.6) is 11.5 Å². The lowest BCUT2D eigenvalue weighted by atomic mass is 10.3. The second-order valence-electron chi connectivity index (χ2n) is 3.18. The van der Waals surface area contributed by atoms with Crippen LogP contribution in [0.15, 0.2) is 18.2 Å². The Morgan fingerprint density at radius 3 is 2.28 bits per heavy atom. The van der Waals surface area contributed by atoms with Crippen molar-refractivity contribution in [2.45, 2.75) is 19.5 Å². The molecule has 1 rings (SSSR count). The summed E-state index contributed by atoms with van der Waals surface area (Å²) in [4.78, 5) is 10.6. The van der Waals surface area contributed by atoms with Gasteiger partial charge in [-0.1, -0.05) is 0 Å². The summed E-state index contributed by atoms with van der Waals surface area (Å²) < 4.78 is 69.8. The number of hydrogen-bond acceptors (Lipinski definition) is 3. The standard InChI is InChI=1S/C10H7F5O3/c1-5(16)17-7-2-6(11)3-8(4-7)18-10(14,15)9(12)13/h2-4,9H,1H3. The first kappa shape index (κ1) is 14.2. The summed E-state index contributed by atoms with van der Waals surface area (Å²) in [7, 11) is 0. The molecule has 1 aromatic carbocycles. The number of esters is 1. The Morgan fingerprint density at radius 1 is 1.22 bits per heavy atom. The van der Waals surface area contributed by atoms with Crippen molar-refractivity contribution < 1.29 is 36.2 Å². The van der Waals surface area contributed by atoms with Gasteiger partial charge in [-0.2, -0.15) is 17.6 Å². The summed E-state index contributed by atoms with van der Waals surface area (Å²) >= 11 is 0. The molecule has 0 saturated heterocycles. The Morgan fingerprint density at radius 2 is 1.78 bits per heavy atom. The molecule has 0 unspecified atom stereocenters. The topological polar surface area (TPSA) is 35.5 Å². The summed E-state index contributed by atoms with van der Waals surface area (Å²) in [5.74, 6) is -3.21. The van der Waals surface area contributed by atoms with E-state index in [9.17, 15) is 26.7 Å². The summed E-state index contributed by atoms with van der Waals surface area (Å²) in [6, 6.07) is 1.87. The monoisotopic (exact) mass is 270 g/mol. The summed E-state index contributed by atoms with van der Waals surface area (Å²) in [5, 5.41) is 0. The zero-order chi connectivity index (χ0) is 13.9. The van der Waals surface area contributed by atoms with Crippen molar-refractivity contribution >= 4 is 5.97 Å². The highest BCUT2D eigenvalue weighted by atomic mass is 19.3. The molecule has 0 aliphatic heterocycles. The molecule has 0 radical (unpaired) electrons. The predicted molar refractivity (Wildman–Crippen MR) is 49.3 cm³/mol. The van der Waals surface area contributed by atoms with Gasteiger partial charge in [-0.25, -0.2) is 4.39 Å². The molecule has 0 bridgehead atoms. The fourth-order valence-electron chi connectivity index (χ4n) is 1.02. The normalized spacial score (nSPS) is 11.5. The number of alkyl halides is 4. The number of hydrogen-bond donors (Lipinski definition) is 0. The largest absolute Gasteiger partial charge is 0.461 e. The fraction of sp³-hybridized carbons (Fsp3) is 0.300. The van der Waals surface area contributed by atoms with Crippen LogP contribution in [-0.2, 0) is 4.79 Å². The average molecular weight is 270 g/mol. The molecule has 0 atom stereocenters. The minimum Gasteiger partial charge on any atom is -0.428 e. The number of ether oxygens (including phenoxy) is 2. The van der Waals surface area contributed by atoms with E-state index in [2.05, 4.69) is 9.47 Å². The van der Waals surface area contributed by atoms with Crippen LogP contribution in [0.25, 0.3) is 0 Å². The van der Waals surface area contributed by atoms with Gasteiger partial charge in [0, 0.05) is 25.1 Å². The van der Waals surface area contributed by atoms with E-state index in [1.807, 2.05) is 0 Å². The van der Waals surface area contributed by atoms with Crippen molar-refractivity contribution in [3.8, 4) is 11.5 Å². The zero-order valence-corrected chi connectivity index (χ0v) is 8.92. The smallest absolute Gasteiger partial charge is 0.428 e. The highest BCUT2D eigenvalue weighted by molar-refractivity contribution is 5.69. The first-order chi connectivity index (χ1) is 8.20. The van der Waals surface area contributed by atoms with Crippen molar-refractivity contribution in [3.63, 3.8) is 0 Å². The van der Waals surface area contributed by atoms with E-state index >= 15 is 0 Å². The molecule has 3 nitrogen and oxygen atoms in total. The maximum absolute atomic E-state index is 13.0. The molecule has 0 saturated carbocycles. The highest BCUT2D eigenvalue weighted by Gasteiger charge is 2.44. The average Bonchev–Trinajstić information content (AvgIpc) is 2.13. The molecule has 100 valence electrons. The van der Waals surface area contributed by atoms with Gasteiger partial charge in [0.05, 0.1) is 0 Å². The Balaban J connectivity index is 2.96. The van der Waals surface area contributed by atoms with Gasteiger partial charge in [0.1, 0.15) is 17.3 Å². The van der Waals surface area contributed by atoms with Crippen molar-refractivity contribution in [1.82, 2.24) is 0 Å². The quantitative estimate of drug-likeness (QED) is 0.479. The van der Waals surface area contributed by atoms with Crippen LogP contribution < -0.4 is 9.47 Å². The molecule has 18 heavy (non-hydrogen) atoms. The molecule has 0 aliphatic carbocycles. The van der Waals surface area contributed by atoms with Gasteiger partial charge in [0.2, 0.25) is 0 Å². The molecule has 0 amide bonds. The van der Waals surface area contributed by atoms with Crippen molar-refractivity contribution in [2.24, 2.45) is 0 Å². The first-order valence-corrected chi connectivity index (χ1v) is 4.54. The summed E-state index contributed by atoms with van der Waals surface area (Å²) in [6.07, 6.45) is -8.83. The third-order valence-electron chi connectivity index (χ3n) is 1.61. The lowest BCUT2D eigenvalue weighted by Crippen LogP contribution is -2.33. The van der Waals surface area contributed by atoms with E-state index in [1.54, 1.807) is 0 Å². The van der Waals surface area contributed by atoms with E-state index in [1.165, 1.54) is 0 Å². The Hall–Kier alpha value is -1.86. The number of carbonyl (C=O) groups excluding carboxylic acids is 1. The van der Waals surface area contributed by atoms with Gasteiger partial charge in [0.15, 0.2) is 0 Å². The lowest BCUT2D eigenvalue weighted by molar-refractivity contribution is -0.253. The Labute approximate surface area is 98.1 Å². The van der Waals surface area contributed by atoms with Gasteiger partial charge in [0.25, 0.3) is 0 Å². The van der Waals surface area contributed by atoms with Crippen LogP contribution in [0.1, 0.15) is 6.92 Å². The SMILES string of the molecule is CC(=O)Oc1cc(F)cc(OC(F)(F)C(F)F)c1. The third-order valence-corrected chi connectivity index (χ3v) is 1.61. The maximum atomic E-state index is 13.0. The molecular formula is C10H7F5O3. The van der Waals surface area contributed by atoms with Crippen LogP contribution in [0, 0.1) is 5.82 Å². The van der Waals surface area contributed by atoms with Crippen LogP contribution in [0.2, 0.25) is 0 Å². The number of benzene rings is 1. The Kier molecular flexibility index (Phi) is 4.10. The van der Waals surface area contributed by atoms with Gasteiger partial charge in [-0.3, -0.25) is 4.79 Å². The van der Waals surface area contributed by atoms with Crippen LogP contribution in [-0.4, -0.2) is 18.5 Å². The van der Waals surface area contributed by atoms with E-state index in [4.69, 9.17) is 0 Å². The molecule has 0 heterocycles. The highest BCUT2D eigenvalue weighted by Crippen LogP contribution is 2.30. The number of rotatable bonds is 4. The molecule has 8 heteroatoms. The van der Waals surface area contributed by atoms with Gasteiger partial charge >= 0.3 is 18.5 Å².